The molecule has 4 heterocycles. The minimum Gasteiger partial charge on any atom is -0.325 e. The van der Waals surface area contributed by atoms with Crippen LogP contribution in [0.4, 0.5) is 0 Å². The van der Waals surface area contributed by atoms with Crippen LogP contribution >= 0.6 is 0 Å². The SMILES string of the molecule is Cn1c(=O)c2c(nc(CCCCCCCc3nc4c(c(=O)n(C)c(=O)n4C)n3C)n2C)n(C)c1=O. The average molecular weight is 485 g/mol. The van der Waals surface area contributed by atoms with Crippen molar-refractivity contribution in [2.45, 2.75) is 44.9 Å². The van der Waals surface area contributed by atoms with Gasteiger partial charge in [0.2, 0.25) is 0 Å². The standard InChI is InChI=1S/C23H32N8O4/c1-26-14(24-18-16(26)20(32)30(5)22(34)28(18)3)12-10-8-7-9-11-13-15-25-19-17(27(15)2)21(33)31(6)23(35)29(19)4/h7-13H2,1-6H3. The second kappa shape index (κ2) is 9.16. The molecule has 188 valence electrons. The molecule has 0 N–H and O–H groups in total. The van der Waals surface area contributed by atoms with Crippen molar-refractivity contribution in [1.82, 2.24) is 37.4 Å². The van der Waals surface area contributed by atoms with E-state index in [1.54, 1.807) is 23.2 Å². The van der Waals surface area contributed by atoms with Gasteiger partial charge in [-0.05, 0) is 12.8 Å². The summed E-state index contributed by atoms with van der Waals surface area (Å²) in [6.07, 6.45) is 6.37. The molecule has 4 aromatic rings. The van der Waals surface area contributed by atoms with Gasteiger partial charge in [0.05, 0.1) is 0 Å². The molecule has 4 aromatic heterocycles. The quantitative estimate of drug-likeness (QED) is 0.324. The van der Waals surface area contributed by atoms with Crippen molar-refractivity contribution in [2.75, 3.05) is 0 Å². The van der Waals surface area contributed by atoms with Gasteiger partial charge in [-0.1, -0.05) is 19.3 Å². The number of hydrogen-bond acceptors (Lipinski definition) is 6. The number of unbranched alkanes of at least 4 members (excludes halogenated alkanes) is 4. The first kappa shape index (κ1) is 24.4. The fraction of sp³-hybridized carbons (Fsp3) is 0.565. The molecular formula is C23H32N8O4. The highest BCUT2D eigenvalue weighted by molar-refractivity contribution is 5.71. The second-order valence-electron chi connectivity index (χ2n) is 9.20. The first-order valence-electron chi connectivity index (χ1n) is 11.8. The maximum Gasteiger partial charge on any atom is 0.332 e. The Balaban J connectivity index is 1.34. The zero-order valence-electron chi connectivity index (χ0n) is 21.2. The molecule has 0 aliphatic heterocycles. The van der Waals surface area contributed by atoms with E-state index in [0.29, 0.717) is 22.3 Å². The van der Waals surface area contributed by atoms with Gasteiger partial charge in [0, 0.05) is 55.1 Å². The molecule has 0 saturated heterocycles. The molecule has 0 unspecified atom stereocenters. The summed E-state index contributed by atoms with van der Waals surface area (Å²) in [6, 6.07) is 0. The van der Waals surface area contributed by atoms with Crippen LogP contribution in [-0.2, 0) is 55.1 Å². The third-order valence-corrected chi connectivity index (χ3v) is 6.94. The van der Waals surface area contributed by atoms with E-state index in [-0.39, 0.29) is 22.5 Å². The van der Waals surface area contributed by atoms with E-state index in [9.17, 15) is 19.2 Å². The molecule has 0 amide bonds. The van der Waals surface area contributed by atoms with Gasteiger partial charge in [-0.3, -0.25) is 27.9 Å². The number of rotatable bonds is 8. The fourth-order valence-corrected chi connectivity index (χ4v) is 4.67. The van der Waals surface area contributed by atoms with Crippen molar-refractivity contribution in [1.29, 1.82) is 0 Å². The Morgan fingerprint density at radius 3 is 1.20 bits per heavy atom. The van der Waals surface area contributed by atoms with Crippen LogP contribution in [-0.4, -0.2) is 37.4 Å². The predicted molar refractivity (Wildman–Crippen MR) is 133 cm³/mol. The zero-order chi connectivity index (χ0) is 25.6. The fourth-order valence-electron chi connectivity index (χ4n) is 4.67. The lowest BCUT2D eigenvalue weighted by molar-refractivity contribution is 0.591. The van der Waals surface area contributed by atoms with E-state index >= 15 is 0 Å². The van der Waals surface area contributed by atoms with Gasteiger partial charge in [0.15, 0.2) is 22.3 Å². The summed E-state index contributed by atoms with van der Waals surface area (Å²) in [5.41, 5.74) is 0.314. The summed E-state index contributed by atoms with van der Waals surface area (Å²) in [6.45, 7) is 0. The van der Waals surface area contributed by atoms with Crippen LogP contribution in [0.1, 0.15) is 43.8 Å². The molecule has 0 radical (unpaired) electrons. The zero-order valence-corrected chi connectivity index (χ0v) is 21.2. The van der Waals surface area contributed by atoms with E-state index < -0.39 is 0 Å². The van der Waals surface area contributed by atoms with E-state index in [2.05, 4.69) is 9.97 Å². The van der Waals surface area contributed by atoms with Crippen LogP contribution in [0.5, 0.6) is 0 Å². The van der Waals surface area contributed by atoms with Crippen LogP contribution in [0.2, 0.25) is 0 Å². The van der Waals surface area contributed by atoms with Crippen LogP contribution in [0, 0.1) is 0 Å². The van der Waals surface area contributed by atoms with E-state index in [4.69, 9.17) is 0 Å². The molecule has 35 heavy (non-hydrogen) atoms. The van der Waals surface area contributed by atoms with E-state index in [1.807, 2.05) is 14.1 Å². The Morgan fingerprint density at radius 2 is 0.829 bits per heavy atom. The van der Waals surface area contributed by atoms with Crippen LogP contribution in [0.25, 0.3) is 22.3 Å². The molecule has 0 aromatic carbocycles. The largest absolute Gasteiger partial charge is 0.332 e. The third-order valence-electron chi connectivity index (χ3n) is 6.94. The maximum atomic E-state index is 12.5. The Kier molecular flexibility index (Phi) is 6.39. The molecule has 0 fully saturated rings. The minimum atomic E-state index is -0.379. The predicted octanol–water partition coefficient (Wildman–Crippen LogP) is -0.00950. The van der Waals surface area contributed by atoms with E-state index in [1.165, 1.54) is 23.2 Å². The van der Waals surface area contributed by atoms with Gasteiger partial charge in [0.25, 0.3) is 11.1 Å². The van der Waals surface area contributed by atoms with E-state index in [0.717, 1.165) is 65.7 Å². The molecule has 0 aliphatic rings. The lowest BCUT2D eigenvalue weighted by Gasteiger charge is -2.05. The first-order chi connectivity index (χ1) is 16.6. The summed E-state index contributed by atoms with van der Waals surface area (Å²) in [7, 11) is 9.84. The van der Waals surface area contributed by atoms with Crippen molar-refractivity contribution < 1.29 is 0 Å². The van der Waals surface area contributed by atoms with Crippen LogP contribution in [0.3, 0.4) is 0 Å². The molecule has 12 heteroatoms. The van der Waals surface area contributed by atoms with Crippen LogP contribution < -0.4 is 22.5 Å². The smallest absolute Gasteiger partial charge is 0.325 e. The summed E-state index contributed by atoms with van der Waals surface area (Å²) >= 11 is 0. The molecule has 0 spiro atoms. The Bertz CT molecular complexity index is 1550. The molecular weight excluding hydrogens is 452 g/mol. The monoisotopic (exact) mass is 484 g/mol. The normalized spacial score (nSPS) is 11.8. The summed E-state index contributed by atoms with van der Waals surface area (Å²) in [5, 5.41) is 0. The topological polar surface area (TPSA) is 124 Å². The molecule has 0 aliphatic carbocycles. The summed E-state index contributed by atoms with van der Waals surface area (Å²) in [4.78, 5) is 58.4. The molecule has 12 nitrogen and oxygen atoms in total. The Labute approximate surface area is 200 Å². The van der Waals surface area contributed by atoms with Crippen molar-refractivity contribution in [2.24, 2.45) is 42.3 Å². The van der Waals surface area contributed by atoms with Crippen molar-refractivity contribution in [3.8, 4) is 0 Å². The number of nitrogens with zero attached hydrogens (tertiary/aromatic N) is 8. The summed E-state index contributed by atoms with van der Waals surface area (Å²) < 4.78 is 8.62. The molecule has 4 rings (SSSR count). The van der Waals surface area contributed by atoms with Gasteiger partial charge in [0.1, 0.15) is 11.6 Å². The number of imidazole rings is 2. The molecule has 0 saturated carbocycles. The van der Waals surface area contributed by atoms with Crippen LogP contribution in [0.15, 0.2) is 19.2 Å². The second-order valence-corrected chi connectivity index (χ2v) is 9.20. The van der Waals surface area contributed by atoms with Crippen molar-refractivity contribution in [3.05, 3.63) is 53.3 Å². The van der Waals surface area contributed by atoms with Gasteiger partial charge in [-0.25, -0.2) is 19.6 Å². The lowest BCUT2D eigenvalue weighted by atomic mass is 10.1. The first-order valence-corrected chi connectivity index (χ1v) is 11.8. The minimum absolute atomic E-state index is 0.329. The highest BCUT2D eigenvalue weighted by atomic mass is 16.2. The highest BCUT2D eigenvalue weighted by Crippen LogP contribution is 2.15. The summed E-state index contributed by atoms with van der Waals surface area (Å²) in [5.74, 6) is 1.59. The third kappa shape index (κ3) is 3.96. The van der Waals surface area contributed by atoms with Gasteiger partial charge in [-0.2, -0.15) is 0 Å². The number of aryl methyl sites for hydroxylation is 6. The van der Waals surface area contributed by atoms with Gasteiger partial charge < -0.3 is 9.13 Å². The van der Waals surface area contributed by atoms with Gasteiger partial charge in [-0.15, -0.1) is 0 Å². The Hall–Kier alpha value is -3.70. The number of hydrogen-bond donors (Lipinski definition) is 0. The maximum absolute atomic E-state index is 12.5. The van der Waals surface area contributed by atoms with Crippen molar-refractivity contribution in [3.63, 3.8) is 0 Å². The molecule has 0 bridgehead atoms. The lowest BCUT2D eigenvalue weighted by Crippen LogP contribution is -2.37. The Morgan fingerprint density at radius 1 is 0.486 bits per heavy atom. The average Bonchev–Trinajstić information content (AvgIpc) is 3.35. The highest BCUT2D eigenvalue weighted by Gasteiger charge is 2.18. The van der Waals surface area contributed by atoms with Crippen molar-refractivity contribution >= 4 is 22.3 Å². The number of aromatic nitrogens is 8. The van der Waals surface area contributed by atoms with Gasteiger partial charge >= 0.3 is 11.4 Å². The number of fused-ring (bicyclic) bond motifs is 2. The molecule has 0 atom stereocenters.